The van der Waals surface area contributed by atoms with E-state index < -0.39 is 12.0 Å². The molecule has 0 aromatic carbocycles. The summed E-state index contributed by atoms with van der Waals surface area (Å²) >= 11 is 0. The predicted molar refractivity (Wildman–Crippen MR) is 109 cm³/mol. The van der Waals surface area contributed by atoms with Crippen molar-refractivity contribution in [3.8, 4) is 0 Å². The molecule has 0 unspecified atom stereocenters. The minimum Gasteiger partial charge on any atom is -0.466 e. The van der Waals surface area contributed by atoms with Crippen molar-refractivity contribution in [2.45, 2.75) is 83.8 Å². The number of piperidine rings is 1. The van der Waals surface area contributed by atoms with Crippen molar-refractivity contribution in [1.82, 2.24) is 25.9 Å². The lowest BCUT2D eigenvalue weighted by atomic mass is 9.69. The number of esters is 2. The number of hydrogen-bond acceptors (Lipinski definition) is 8. The van der Waals surface area contributed by atoms with Crippen LogP contribution in [0.25, 0.3) is 0 Å². The number of hydrogen-bond donors (Lipinski definition) is 2. The maximum atomic E-state index is 12.8. The predicted octanol–water partition coefficient (Wildman–Crippen LogP) is 2.19. The van der Waals surface area contributed by atoms with E-state index in [0.717, 1.165) is 44.3 Å². The lowest BCUT2D eigenvalue weighted by molar-refractivity contribution is -0.153. The second-order valence-electron chi connectivity index (χ2n) is 8.68. The number of aromatic amines is 1. The Kier molecular flexibility index (Phi) is 8.05. The number of carbonyl (C=O) groups is 2. The molecule has 0 bridgehead atoms. The summed E-state index contributed by atoms with van der Waals surface area (Å²) in [5.74, 6) is 1.42. The van der Waals surface area contributed by atoms with Gasteiger partial charge in [0, 0.05) is 13.3 Å². The van der Waals surface area contributed by atoms with Gasteiger partial charge < -0.3 is 14.8 Å². The fourth-order valence-electron chi connectivity index (χ4n) is 4.63. The number of carbonyl (C=O) groups excluding carboxylic acids is 2. The second kappa shape index (κ2) is 11.4. The standard InChI is InChI=1S/C21H35N5O4/c1-14(5-3-4-10-29-15(2)27)30-21(28)19-12-18-11-16(6-8-17(18)13-22-19)7-9-20-23-25-26-24-20/h14,16-19,22H,3-13H2,1-2H3,(H,23,24,25,26)/t14-,16-,17+,18-,19+/m1/s1/i19D. The molecule has 1 saturated heterocycles. The minimum atomic E-state index is -1.37. The van der Waals surface area contributed by atoms with Gasteiger partial charge in [-0.2, -0.15) is 5.21 Å². The largest absolute Gasteiger partial charge is 0.466 e. The highest BCUT2D eigenvalue weighted by atomic mass is 16.5. The molecule has 2 fully saturated rings. The van der Waals surface area contributed by atoms with Gasteiger partial charge in [-0.3, -0.25) is 9.59 Å². The summed E-state index contributed by atoms with van der Waals surface area (Å²) in [7, 11) is 0. The van der Waals surface area contributed by atoms with Gasteiger partial charge in [-0.25, -0.2) is 0 Å². The molecule has 2 heterocycles. The molecule has 1 aromatic rings. The Morgan fingerprint density at radius 3 is 2.90 bits per heavy atom. The molecule has 3 rings (SSSR count). The quantitative estimate of drug-likeness (QED) is 0.435. The Labute approximate surface area is 179 Å². The second-order valence-corrected chi connectivity index (χ2v) is 8.68. The Balaban J connectivity index is 1.42. The summed E-state index contributed by atoms with van der Waals surface area (Å²) in [5, 5.41) is 17.3. The zero-order chi connectivity index (χ0) is 22.3. The van der Waals surface area contributed by atoms with E-state index >= 15 is 0 Å². The van der Waals surface area contributed by atoms with Crippen molar-refractivity contribution >= 4 is 11.9 Å². The number of rotatable bonds is 10. The molecule has 1 aromatic heterocycles. The van der Waals surface area contributed by atoms with Gasteiger partial charge in [-0.1, -0.05) is 11.6 Å². The maximum absolute atomic E-state index is 12.8. The van der Waals surface area contributed by atoms with Gasteiger partial charge in [0.25, 0.3) is 0 Å². The van der Waals surface area contributed by atoms with Crippen LogP contribution in [0.2, 0.25) is 0 Å². The van der Waals surface area contributed by atoms with Crippen molar-refractivity contribution < 1.29 is 20.4 Å². The zero-order valence-electron chi connectivity index (χ0n) is 19.1. The van der Waals surface area contributed by atoms with E-state index in [0.29, 0.717) is 43.7 Å². The van der Waals surface area contributed by atoms with Gasteiger partial charge in [0.15, 0.2) is 5.82 Å². The highest BCUT2D eigenvalue weighted by Crippen LogP contribution is 2.40. The molecule has 30 heavy (non-hydrogen) atoms. The van der Waals surface area contributed by atoms with Crippen molar-refractivity contribution in [1.29, 1.82) is 0 Å². The molecule has 9 heteroatoms. The molecule has 1 aliphatic heterocycles. The molecule has 5 atom stereocenters. The Morgan fingerprint density at radius 2 is 2.13 bits per heavy atom. The number of nitrogens with zero attached hydrogens (tertiary/aromatic N) is 3. The number of aromatic nitrogens is 4. The molecular formula is C21H35N5O4. The normalized spacial score (nSPS) is 30.1. The van der Waals surface area contributed by atoms with Crippen LogP contribution in [0.15, 0.2) is 0 Å². The number of aryl methyl sites for hydroxylation is 1. The first-order valence-electron chi connectivity index (χ1n) is 11.7. The van der Waals surface area contributed by atoms with Crippen LogP contribution < -0.4 is 5.32 Å². The number of unbranched alkanes of at least 4 members (excludes halogenated alkanes) is 1. The topological polar surface area (TPSA) is 119 Å². The zero-order valence-corrected chi connectivity index (χ0v) is 18.1. The third-order valence-electron chi connectivity index (χ3n) is 6.32. The molecule has 168 valence electrons. The number of nitrogens with one attached hydrogen (secondary N) is 2. The summed E-state index contributed by atoms with van der Waals surface area (Å²) in [6.45, 7) is 4.32. The van der Waals surface area contributed by atoms with Crippen LogP contribution in [0, 0.1) is 17.8 Å². The van der Waals surface area contributed by atoms with Gasteiger partial charge in [0.1, 0.15) is 6.02 Å². The van der Waals surface area contributed by atoms with Crippen LogP contribution in [0.4, 0.5) is 0 Å². The Hall–Kier alpha value is -2.03. The van der Waals surface area contributed by atoms with E-state index in [1.54, 1.807) is 0 Å². The lowest BCUT2D eigenvalue weighted by Crippen LogP contribution is -2.50. The highest BCUT2D eigenvalue weighted by Gasteiger charge is 2.38. The van der Waals surface area contributed by atoms with E-state index in [1.165, 1.54) is 13.3 Å². The molecular weight excluding hydrogens is 386 g/mol. The van der Waals surface area contributed by atoms with Gasteiger partial charge >= 0.3 is 11.9 Å². The number of fused-ring (bicyclic) bond motifs is 1. The summed E-state index contributed by atoms with van der Waals surface area (Å²) in [4.78, 5) is 23.6. The monoisotopic (exact) mass is 422 g/mol. The van der Waals surface area contributed by atoms with Gasteiger partial charge in [-0.15, -0.1) is 10.2 Å². The number of tetrazole rings is 1. The molecule has 2 aliphatic rings. The summed E-state index contributed by atoms with van der Waals surface area (Å²) in [6, 6.07) is -1.37. The first-order valence-corrected chi connectivity index (χ1v) is 11.2. The molecule has 0 spiro atoms. The third-order valence-corrected chi connectivity index (χ3v) is 6.32. The highest BCUT2D eigenvalue weighted by molar-refractivity contribution is 5.76. The van der Waals surface area contributed by atoms with Gasteiger partial charge in [-0.05, 0) is 76.2 Å². The van der Waals surface area contributed by atoms with E-state index in [1.807, 2.05) is 6.92 Å². The number of ether oxygens (including phenoxy) is 2. The molecule has 0 amide bonds. The Bertz CT molecular complexity index is 719. The van der Waals surface area contributed by atoms with Crippen molar-refractivity contribution in [3.63, 3.8) is 0 Å². The average Bonchev–Trinajstić information content (AvgIpc) is 3.25. The summed E-state index contributed by atoms with van der Waals surface area (Å²) in [5.41, 5.74) is 0. The Morgan fingerprint density at radius 1 is 1.27 bits per heavy atom. The van der Waals surface area contributed by atoms with E-state index in [-0.39, 0.29) is 12.1 Å². The van der Waals surface area contributed by atoms with Crippen molar-refractivity contribution in [2.24, 2.45) is 17.8 Å². The van der Waals surface area contributed by atoms with E-state index in [2.05, 4.69) is 25.9 Å². The van der Waals surface area contributed by atoms with Crippen molar-refractivity contribution in [3.05, 3.63) is 5.82 Å². The van der Waals surface area contributed by atoms with E-state index in [9.17, 15) is 9.59 Å². The molecule has 1 saturated carbocycles. The summed E-state index contributed by atoms with van der Waals surface area (Å²) in [6.07, 6.45) is 7.59. The molecule has 9 nitrogen and oxygen atoms in total. The SMILES string of the molecule is [2H][C@@]1(C(=O)O[C@H](C)CCCCOC(C)=O)C[C@H]2C[C@@H](CCc3nn[nH]n3)CC[C@H]2CN1. The minimum absolute atomic E-state index is 0.263. The van der Waals surface area contributed by atoms with Crippen LogP contribution in [-0.2, 0) is 25.5 Å². The summed E-state index contributed by atoms with van der Waals surface area (Å²) < 4.78 is 19.3. The van der Waals surface area contributed by atoms with Crippen LogP contribution in [0.3, 0.4) is 0 Å². The van der Waals surface area contributed by atoms with Crippen LogP contribution in [-0.4, -0.2) is 57.8 Å². The first kappa shape index (κ1) is 21.2. The van der Waals surface area contributed by atoms with Crippen LogP contribution >= 0.6 is 0 Å². The van der Waals surface area contributed by atoms with E-state index in [4.69, 9.17) is 10.8 Å². The number of H-pyrrole nitrogens is 1. The van der Waals surface area contributed by atoms with Gasteiger partial charge in [0.05, 0.1) is 14.1 Å². The molecule has 0 radical (unpaired) electrons. The fourth-order valence-corrected chi connectivity index (χ4v) is 4.63. The smallest absolute Gasteiger partial charge is 0.323 e. The third kappa shape index (κ3) is 7.04. The van der Waals surface area contributed by atoms with Gasteiger partial charge in [0.2, 0.25) is 0 Å². The van der Waals surface area contributed by atoms with Crippen LogP contribution in [0.5, 0.6) is 0 Å². The average molecular weight is 423 g/mol. The van der Waals surface area contributed by atoms with Crippen molar-refractivity contribution in [2.75, 3.05) is 13.2 Å². The first-order chi connectivity index (χ1) is 14.9. The maximum Gasteiger partial charge on any atom is 0.323 e. The molecule has 2 N–H and O–H groups in total. The molecule has 1 aliphatic carbocycles. The lowest BCUT2D eigenvalue weighted by Gasteiger charge is -2.42. The fraction of sp³-hybridized carbons (Fsp3) is 0.857. The van der Waals surface area contributed by atoms with Crippen LogP contribution in [0.1, 0.15) is 72.4 Å².